The lowest BCUT2D eigenvalue weighted by Gasteiger charge is -2.35. The number of anilines is 1. The molecular formula is C13H14ClN5OS. The van der Waals surface area contributed by atoms with E-state index in [4.69, 9.17) is 11.6 Å². The van der Waals surface area contributed by atoms with Gasteiger partial charge >= 0.3 is 0 Å². The molecule has 1 aliphatic heterocycles. The molecule has 1 aliphatic rings. The number of carbonyl (C=O) groups excluding carboxylic acids is 1. The smallest absolute Gasteiger partial charge is 0.246 e. The molecule has 110 valence electrons. The highest BCUT2D eigenvalue weighted by Crippen LogP contribution is 2.27. The highest BCUT2D eigenvalue weighted by atomic mass is 35.5. The molecule has 0 radical (unpaired) electrons. The van der Waals surface area contributed by atoms with E-state index in [0.717, 1.165) is 0 Å². The summed E-state index contributed by atoms with van der Waals surface area (Å²) in [6, 6.07) is 2.05. The van der Waals surface area contributed by atoms with Gasteiger partial charge in [0.25, 0.3) is 0 Å². The molecule has 2 rings (SSSR count). The number of carbonyl (C=O) groups is 1. The third-order valence-electron chi connectivity index (χ3n) is 3.19. The Bertz CT molecular complexity index is 607. The summed E-state index contributed by atoms with van der Waals surface area (Å²) in [4.78, 5) is 23.7. The van der Waals surface area contributed by atoms with Gasteiger partial charge in [0.15, 0.2) is 16.1 Å². The van der Waals surface area contributed by atoms with Crippen LogP contribution in [-0.2, 0) is 4.79 Å². The minimum absolute atomic E-state index is 0.0827. The highest BCUT2D eigenvalue weighted by molar-refractivity contribution is 7.98. The van der Waals surface area contributed by atoms with Gasteiger partial charge in [0.1, 0.15) is 11.6 Å². The Morgan fingerprint density at radius 1 is 1.43 bits per heavy atom. The van der Waals surface area contributed by atoms with Crippen LogP contribution in [-0.4, -0.2) is 53.2 Å². The number of halogens is 1. The van der Waals surface area contributed by atoms with E-state index >= 15 is 0 Å². The third kappa shape index (κ3) is 3.28. The largest absolute Gasteiger partial charge is 0.352 e. The zero-order chi connectivity index (χ0) is 15.4. The predicted molar refractivity (Wildman–Crippen MR) is 82.5 cm³/mol. The van der Waals surface area contributed by atoms with Crippen molar-refractivity contribution in [3.05, 3.63) is 23.4 Å². The lowest BCUT2D eigenvalue weighted by atomic mass is 10.2. The molecule has 0 aliphatic carbocycles. The van der Waals surface area contributed by atoms with Crippen LogP contribution in [0.3, 0.4) is 0 Å². The van der Waals surface area contributed by atoms with Gasteiger partial charge in [-0.25, -0.2) is 9.97 Å². The maximum atomic E-state index is 11.6. The zero-order valence-corrected chi connectivity index (χ0v) is 13.1. The Balaban J connectivity index is 2.24. The average molecular weight is 324 g/mol. The van der Waals surface area contributed by atoms with E-state index in [2.05, 4.69) is 22.6 Å². The van der Waals surface area contributed by atoms with Crippen LogP contribution in [0.15, 0.2) is 17.8 Å². The van der Waals surface area contributed by atoms with Gasteiger partial charge in [0, 0.05) is 26.2 Å². The number of rotatable bonds is 3. The Labute approximate surface area is 132 Å². The van der Waals surface area contributed by atoms with Gasteiger partial charge in [0.05, 0.1) is 0 Å². The van der Waals surface area contributed by atoms with Crippen LogP contribution in [0.5, 0.6) is 0 Å². The van der Waals surface area contributed by atoms with Gasteiger partial charge < -0.3 is 9.80 Å². The summed E-state index contributed by atoms with van der Waals surface area (Å²) >= 11 is 7.41. The first kappa shape index (κ1) is 15.6. The first-order chi connectivity index (χ1) is 10.1. The van der Waals surface area contributed by atoms with Crippen LogP contribution in [0.2, 0.25) is 5.15 Å². The van der Waals surface area contributed by atoms with Crippen molar-refractivity contribution in [1.29, 1.82) is 5.26 Å². The number of piperazine rings is 1. The molecule has 21 heavy (non-hydrogen) atoms. The number of nitriles is 1. The normalized spacial score (nSPS) is 14.7. The number of aromatic nitrogens is 2. The second kappa shape index (κ2) is 6.78. The van der Waals surface area contributed by atoms with Gasteiger partial charge in [-0.05, 0) is 12.3 Å². The van der Waals surface area contributed by atoms with Crippen molar-refractivity contribution in [3.8, 4) is 6.07 Å². The van der Waals surface area contributed by atoms with Crippen LogP contribution >= 0.6 is 23.4 Å². The Morgan fingerprint density at radius 2 is 2.10 bits per heavy atom. The number of hydrogen-bond donors (Lipinski definition) is 0. The molecule has 1 saturated heterocycles. The van der Waals surface area contributed by atoms with Crippen LogP contribution < -0.4 is 4.90 Å². The summed E-state index contributed by atoms with van der Waals surface area (Å²) in [6.45, 7) is 5.79. The van der Waals surface area contributed by atoms with Crippen molar-refractivity contribution >= 4 is 35.1 Å². The van der Waals surface area contributed by atoms with Gasteiger partial charge in [-0.1, -0.05) is 29.9 Å². The number of nitrogens with zero attached hydrogens (tertiary/aromatic N) is 5. The number of thioether (sulfide) groups is 1. The standard InChI is InChI=1S/C13H14ClN5OS/c1-3-10(20)18-4-6-19(7-5-18)12-9(8-15)11(14)16-13(17-12)21-2/h3H,1,4-7H2,2H3. The lowest BCUT2D eigenvalue weighted by molar-refractivity contribution is -0.126. The summed E-state index contributed by atoms with van der Waals surface area (Å²) in [7, 11) is 0. The van der Waals surface area contributed by atoms with Gasteiger partial charge in [-0.15, -0.1) is 0 Å². The molecule has 0 spiro atoms. The topological polar surface area (TPSA) is 73.1 Å². The molecule has 1 amide bonds. The molecule has 0 N–H and O–H groups in total. The van der Waals surface area contributed by atoms with Crippen LogP contribution in [0.4, 0.5) is 5.82 Å². The second-order valence-electron chi connectivity index (χ2n) is 4.33. The van der Waals surface area contributed by atoms with E-state index < -0.39 is 0 Å². The third-order valence-corrected chi connectivity index (χ3v) is 4.01. The van der Waals surface area contributed by atoms with Crippen molar-refractivity contribution < 1.29 is 4.79 Å². The molecular weight excluding hydrogens is 310 g/mol. The van der Waals surface area contributed by atoms with E-state index in [0.29, 0.717) is 37.2 Å². The monoisotopic (exact) mass is 323 g/mol. The zero-order valence-electron chi connectivity index (χ0n) is 11.5. The fourth-order valence-corrected chi connectivity index (χ4v) is 2.70. The lowest BCUT2D eigenvalue weighted by Crippen LogP contribution is -2.48. The molecule has 0 saturated carbocycles. The molecule has 0 aromatic carbocycles. The average Bonchev–Trinajstić information content (AvgIpc) is 2.53. The van der Waals surface area contributed by atoms with Gasteiger partial charge in [-0.2, -0.15) is 5.26 Å². The quantitative estimate of drug-likeness (QED) is 0.364. The second-order valence-corrected chi connectivity index (χ2v) is 5.46. The minimum Gasteiger partial charge on any atom is -0.352 e. The van der Waals surface area contributed by atoms with E-state index in [1.165, 1.54) is 17.8 Å². The highest BCUT2D eigenvalue weighted by Gasteiger charge is 2.24. The van der Waals surface area contributed by atoms with Crippen LogP contribution in [0.25, 0.3) is 0 Å². The molecule has 1 fully saturated rings. The van der Waals surface area contributed by atoms with E-state index in [-0.39, 0.29) is 16.6 Å². The summed E-state index contributed by atoms with van der Waals surface area (Å²) in [5, 5.41) is 9.94. The molecule has 1 aromatic rings. The first-order valence-corrected chi connectivity index (χ1v) is 7.89. The van der Waals surface area contributed by atoms with Crippen molar-refractivity contribution in [3.63, 3.8) is 0 Å². The molecule has 8 heteroatoms. The number of hydrogen-bond acceptors (Lipinski definition) is 6. The molecule has 2 heterocycles. The van der Waals surface area contributed by atoms with Crippen molar-refractivity contribution in [1.82, 2.24) is 14.9 Å². The van der Waals surface area contributed by atoms with Gasteiger partial charge in [-0.3, -0.25) is 4.79 Å². The fourth-order valence-electron chi connectivity index (χ4n) is 2.09. The van der Waals surface area contributed by atoms with E-state index in [9.17, 15) is 10.1 Å². The SMILES string of the molecule is C=CC(=O)N1CCN(c2nc(SC)nc(Cl)c2C#N)CC1. The van der Waals surface area contributed by atoms with E-state index in [1.54, 1.807) is 4.90 Å². The van der Waals surface area contributed by atoms with Crippen molar-refractivity contribution in [2.45, 2.75) is 5.16 Å². The molecule has 0 bridgehead atoms. The van der Waals surface area contributed by atoms with Crippen LogP contribution in [0.1, 0.15) is 5.56 Å². The minimum atomic E-state index is -0.0827. The van der Waals surface area contributed by atoms with Crippen molar-refractivity contribution in [2.24, 2.45) is 0 Å². The maximum Gasteiger partial charge on any atom is 0.246 e. The maximum absolute atomic E-state index is 11.6. The Kier molecular flexibility index (Phi) is 5.04. The Morgan fingerprint density at radius 3 is 2.62 bits per heavy atom. The first-order valence-electron chi connectivity index (χ1n) is 6.28. The molecule has 1 aromatic heterocycles. The molecule has 0 atom stereocenters. The number of amides is 1. The molecule has 0 unspecified atom stereocenters. The fraction of sp³-hybridized carbons (Fsp3) is 0.385. The summed E-state index contributed by atoms with van der Waals surface area (Å²) in [6.07, 6.45) is 3.16. The van der Waals surface area contributed by atoms with E-state index in [1.807, 2.05) is 11.2 Å². The summed E-state index contributed by atoms with van der Waals surface area (Å²) in [5.41, 5.74) is 0.276. The summed E-state index contributed by atoms with van der Waals surface area (Å²) < 4.78 is 0. The summed E-state index contributed by atoms with van der Waals surface area (Å²) in [5.74, 6) is 0.452. The van der Waals surface area contributed by atoms with Crippen LogP contribution in [0, 0.1) is 11.3 Å². The Hall–Kier alpha value is -1.78. The van der Waals surface area contributed by atoms with Gasteiger partial charge in [0.2, 0.25) is 5.91 Å². The predicted octanol–water partition coefficient (Wildman–Crippen LogP) is 1.56. The van der Waals surface area contributed by atoms with Crippen molar-refractivity contribution in [2.75, 3.05) is 37.3 Å². The molecule has 6 nitrogen and oxygen atoms in total.